The number of rotatable bonds is 0. The maximum atomic E-state index is 12.3. The van der Waals surface area contributed by atoms with Crippen molar-refractivity contribution in [2.24, 2.45) is 0 Å². The second-order valence-corrected chi connectivity index (χ2v) is 3.26. The zero-order chi connectivity index (χ0) is 11.9. The average molecular weight is 241 g/mol. The molecule has 81 valence electrons. The van der Waals surface area contributed by atoms with Crippen LogP contribution in [0.1, 0.15) is 11.1 Å². The number of hydrogen-bond donors (Lipinski definition) is 0. The van der Waals surface area contributed by atoms with Crippen molar-refractivity contribution >= 4 is 15.4 Å². The second kappa shape index (κ2) is 3.55. The molecule has 0 aliphatic carbocycles. The lowest BCUT2D eigenvalue weighted by atomic mass is 10.1. The topological polar surface area (TPSA) is 0 Å². The van der Waals surface area contributed by atoms with E-state index in [9.17, 15) is 26.3 Å². The maximum absolute atomic E-state index is 12.3. The first kappa shape index (κ1) is 12.1. The van der Waals surface area contributed by atoms with Gasteiger partial charge in [-0.3, -0.25) is 0 Å². The molecule has 0 aliphatic rings. The Morgan fingerprint density at radius 2 is 1.40 bits per heavy atom. The molecular weight excluding hydrogens is 238 g/mol. The van der Waals surface area contributed by atoms with Crippen molar-refractivity contribution in [3.8, 4) is 0 Å². The van der Waals surface area contributed by atoms with Crippen LogP contribution in [0.2, 0.25) is 0 Å². The minimum Gasteiger partial charge on any atom is -0.166 e. The highest BCUT2D eigenvalue weighted by atomic mass is 28.1. The van der Waals surface area contributed by atoms with Crippen LogP contribution in [0.25, 0.3) is 0 Å². The summed E-state index contributed by atoms with van der Waals surface area (Å²) in [7, 11) is 2.51. The van der Waals surface area contributed by atoms with Gasteiger partial charge in [-0.2, -0.15) is 26.3 Å². The molecule has 0 aliphatic heterocycles. The molecule has 1 aromatic rings. The first-order chi connectivity index (χ1) is 6.64. The first-order valence-corrected chi connectivity index (χ1v) is 4.13. The summed E-state index contributed by atoms with van der Waals surface area (Å²) in [5, 5.41) is -0.627. The quantitative estimate of drug-likeness (QED) is 0.483. The van der Waals surface area contributed by atoms with Gasteiger partial charge in [-0.15, -0.1) is 0 Å². The minimum absolute atomic E-state index is 0.395. The SMILES string of the molecule is FC(F)(F)c1cccc([Si])c1C(F)(F)F. The molecule has 3 radical (unpaired) electrons. The molecular formula is C8H3F6Si. The monoisotopic (exact) mass is 241 g/mol. The summed E-state index contributed by atoms with van der Waals surface area (Å²) in [6.07, 6.45) is -10.1. The molecule has 0 fully saturated rings. The molecule has 0 heterocycles. The van der Waals surface area contributed by atoms with Crippen LogP contribution in [-0.2, 0) is 12.4 Å². The van der Waals surface area contributed by atoms with E-state index in [1.54, 1.807) is 0 Å². The van der Waals surface area contributed by atoms with E-state index in [0.29, 0.717) is 6.07 Å². The lowest BCUT2D eigenvalue weighted by molar-refractivity contribution is -0.161. The third kappa shape index (κ3) is 2.52. The van der Waals surface area contributed by atoms with E-state index in [0.717, 1.165) is 12.1 Å². The third-order valence-corrected chi connectivity index (χ3v) is 2.07. The molecule has 0 atom stereocenters. The van der Waals surface area contributed by atoms with Crippen LogP contribution in [0, 0.1) is 0 Å². The lowest BCUT2D eigenvalue weighted by Crippen LogP contribution is -2.26. The summed E-state index contributed by atoms with van der Waals surface area (Å²) >= 11 is 0. The Balaban J connectivity index is 3.48. The van der Waals surface area contributed by atoms with Crippen LogP contribution in [0.5, 0.6) is 0 Å². The van der Waals surface area contributed by atoms with Crippen molar-refractivity contribution in [1.82, 2.24) is 0 Å². The maximum Gasteiger partial charge on any atom is 0.416 e. The van der Waals surface area contributed by atoms with E-state index in [1.165, 1.54) is 0 Å². The molecule has 1 aromatic carbocycles. The molecule has 7 heteroatoms. The fourth-order valence-electron chi connectivity index (χ4n) is 1.09. The summed E-state index contributed by atoms with van der Waals surface area (Å²) in [4.78, 5) is 0. The van der Waals surface area contributed by atoms with E-state index >= 15 is 0 Å². The zero-order valence-electron chi connectivity index (χ0n) is 7.00. The highest BCUT2D eigenvalue weighted by Crippen LogP contribution is 2.38. The molecule has 0 nitrogen and oxygen atoms in total. The highest BCUT2D eigenvalue weighted by Gasteiger charge is 2.43. The van der Waals surface area contributed by atoms with Crippen molar-refractivity contribution in [2.45, 2.75) is 12.4 Å². The fraction of sp³-hybridized carbons (Fsp3) is 0.250. The van der Waals surface area contributed by atoms with E-state index in [2.05, 4.69) is 10.2 Å². The second-order valence-electron chi connectivity index (χ2n) is 2.72. The van der Waals surface area contributed by atoms with Crippen LogP contribution < -0.4 is 5.19 Å². The highest BCUT2D eigenvalue weighted by molar-refractivity contribution is 6.33. The Morgan fingerprint density at radius 1 is 0.867 bits per heavy atom. The molecule has 1 rings (SSSR count). The van der Waals surface area contributed by atoms with E-state index in [-0.39, 0.29) is 0 Å². The number of alkyl halides is 6. The Morgan fingerprint density at radius 3 is 1.73 bits per heavy atom. The standard InChI is InChI=1S/C8H3F6Si/c9-7(10,11)4-2-1-3-5(15)6(4)8(12,13)14/h1-3H. The van der Waals surface area contributed by atoms with Crippen molar-refractivity contribution in [3.63, 3.8) is 0 Å². The average Bonchev–Trinajstić information content (AvgIpc) is 1.99. The van der Waals surface area contributed by atoms with Crippen molar-refractivity contribution in [2.75, 3.05) is 0 Å². The van der Waals surface area contributed by atoms with Crippen LogP contribution in [0.4, 0.5) is 26.3 Å². The van der Waals surface area contributed by atoms with Crippen LogP contribution in [-0.4, -0.2) is 10.2 Å². The fourth-order valence-corrected chi connectivity index (χ4v) is 1.47. The molecule has 0 N–H and O–H groups in total. The summed E-state index contributed by atoms with van der Waals surface area (Å²) in [5.74, 6) is 0. The Kier molecular flexibility index (Phi) is 2.86. The number of benzene rings is 1. The molecule has 0 saturated carbocycles. The largest absolute Gasteiger partial charge is 0.416 e. The molecule has 0 saturated heterocycles. The van der Waals surface area contributed by atoms with Gasteiger partial charge in [-0.1, -0.05) is 17.3 Å². The normalized spacial score (nSPS) is 13.0. The molecule has 0 aromatic heterocycles. The van der Waals surface area contributed by atoms with Crippen LogP contribution in [0.3, 0.4) is 0 Å². The van der Waals surface area contributed by atoms with Crippen LogP contribution in [0.15, 0.2) is 18.2 Å². The van der Waals surface area contributed by atoms with Gasteiger partial charge in [0.1, 0.15) is 0 Å². The summed E-state index contributed by atoms with van der Waals surface area (Å²) in [5.41, 5.74) is -3.39. The van der Waals surface area contributed by atoms with Gasteiger partial charge < -0.3 is 0 Å². The summed E-state index contributed by atoms with van der Waals surface area (Å²) < 4.78 is 73.6. The van der Waals surface area contributed by atoms with Crippen molar-refractivity contribution in [1.29, 1.82) is 0 Å². The number of halogens is 6. The van der Waals surface area contributed by atoms with Crippen molar-refractivity contribution in [3.05, 3.63) is 29.3 Å². The van der Waals surface area contributed by atoms with E-state index in [1.807, 2.05) is 0 Å². The van der Waals surface area contributed by atoms with Crippen molar-refractivity contribution < 1.29 is 26.3 Å². The third-order valence-electron chi connectivity index (χ3n) is 1.65. The predicted octanol–water partition coefficient (Wildman–Crippen LogP) is 2.52. The predicted molar refractivity (Wildman–Crippen MR) is 41.8 cm³/mol. The van der Waals surface area contributed by atoms with Gasteiger partial charge in [0.05, 0.1) is 21.4 Å². The minimum atomic E-state index is -5.04. The molecule has 0 amide bonds. The van der Waals surface area contributed by atoms with Gasteiger partial charge in [0.2, 0.25) is 0 Å². The summed E-state index contributed by atoms with van der Waals surface area (Å²) in [6.45, 7) is 0. The zero-order valence-corrected chi connectivity index (χ0v) is 8.00. The molecule has 0 unspecified atom stereocenters. The van der Waals surface area contributed by atoms with Gasteiger partial charge in [0.25, 0.3) is 0 Å². The van der Waals surface area contributed by atoms with Gasteiger partial charge in [-0.05, 0) is 6.07 Å². The van der Waals surface area contributed by atoms with Gasteiger partial charge in [0, 0.05) is 0 Å². The van der Waals surface area contributed by atoms with Gasteiger partial charge >= 0.3 is 12.4 Å². The molecule has 0 bridgehead atoms. The first-order valence-electron chi connectivity index (χ1n) is 3.63. The smallest absolute Gasteiger partial charge is 0.166 e. The molecule has 0 spiro atoms. The summed E-state index contributed by atoms with van der Waals surface area (Å²) in [6, 6.07) is 2.21. The van der Waals surface area contributed by atoms with Gasteiger partial charge in [-0.25, -0.2) is 0 Å². The Bertz CT molecular complexity index is 364. The Labute approximate surface area is 84.3 Å². The molecule has 15 heavy (non-hydrogen) atoms. The Hall–Kier alpha value is -0.983. The number of hydrogen-bond acceptors (Lipinski definition) is 0. The van der Waals surface area contributed by atoms with Crippen LogP contribution >= 0.6 is 0 Å². The van der Waals surface area contributed by atoms with E-state index in [4.69, 9.17) is 0 Å². The van der Waals surface area contributed by atoms with Gasteiger partial charge in [0.15, 0.2) is 0 Å². The van der Waals surface area contributed by atoms with E-state index < -0.39 is 28.7 Å². The lowest BCUT2D eigenvalue weighted by Gasteiger charge is -2.17.